The molecule has 4 nitrogen and oxygen atoms in total. The van der Waals surface area contributed by atoms with Gasteiger partial charge in [0.2, 0.25) is 0 Å². The lowest BCUT2D eigenvalue weighted by molar-refractivity contribution is 0.0697. The van der Waals surface area contributed by atoms with Crippen LogP contribution in [-0.4, -0.2) is 20.9 Å². The largest absolute Gasteiger partial charge is 0.478 e. The first-order chi connectivity index (χ1) is 9.85. The third kappa shape index (κ3) is 2.79. The molecule has 0 saturated carbocycles. The highest BCUT2D eigenvalue weighted by molar-refractivity contribution is 5.94. The summed E-state index contributed by atoms with van der Waals surface area (Å²) in [6, 6.07) is 1.99. The van der Waals surface area contributed by atoms with E-state index in [4.69, 9.17) is 0 Å². The first kappa shape index (κ1) is 15.2. The fraction of sp³-hybridized carbons (Fsp3) is 0.333. The summed E-state index contributed by atoms with van der Waals surface area (Å²) < 4.78 is 29.2. The molecule has 2 rings (SSSR count). The van der Waals surface area contributed by atoms with Crippen LogP contribution in [0.2, 0.25) is 0 Å². The lowest BCUT2D eigenvalue weighted by Crippen LogP contribution is -2.04. The van der Waals surface area contributed by atoms with Crippen molar-refractivity contribution in [3.63, 3.8) is 0 Å². The van der Waals surface area contributed by atoms with Gasteiger partial charge >= 0.3 is 5.97 Å². The van der Waals surface area contributed by atoms with Crippen LogP contribution in [0.1, 0.15) is 42.2 Å². The summed E-state index contributed by atoms with van der Waals surface area (Å²) in [7, 11) is 0. The molecule has 0 fully saturated rings. The molecule has 0 aliphatic carbocycles. The number of hydrogen-bond donors (Lipinski definition) is 1. The van der Waals surface area contributed by atoms with Crippen LogP contribution >= 0.6 is 0 Å². The molecule has 1 unspecified atom stereocenters. The van der Waals surface area contributed by atoms with Crippen LogP contribution in [0, 0.1) is 18.6 Å². The molecule has 0 aliphatic heterocycles. The van der Waals surface area contributed by atoms with Gasteiger partial charge in [-0.2, -0.15) is 5.10 Å². The number of aromatic carboxylic acids is 1. The first-order valence-corrected chi connectivity index (χ1v) is 6.63. The van der Waals surface area contributed by atoms with Crippen LogP contribution in [0.25, 0.3) is 11.3 Å². The smallest absolute Gasteiger partial charge is 0.339 e. The number of hydrogen-bond acceptors (Lipinski definition) is 2. The van der Waals surface area contributed by atoms with E-state index in [9.17, 15) is 18.7 Å². The molecule has 2 aromatic rings. The maximum absolute atomic E-state index is 14.0. The number of aryl methyl sites for hydroxylation is 1. The van der Waals surface area contributed by atoms with E-state index in [0.717, 1.165) is 18.6 Å². The molecule has 21 heavy (non-hydrogen) atoms. The van der Waals surface area contributed by atoms with Gasteiger partial charge < -0.3 is 5.11 Å². The van der Waals surface area contributed by atoms with Gasteiger partial charge in [-0.1, -0.05) is 6.92 Å². The van der Waals surface area contributed by atoms with Crippen LogP contribution in [0.4, 0.5) is 8.78 Å². The second-order valence-electron chi connectivity index (χ2n) is 5.02. The van der Waals surface area contributed by atoms with E-state index in [2.05, 4.69) is 5.10 Å². The fourth-order valence-corrected chi connectivity index (χ4v) is 1.99. The average Bonchev–Trinajstić information content (AvgIpc) is 2.87. The molecule has 0 aliphatic rings. The Morgan fingerprint density at radius 2 is 2.05 bits per heavy atom. The van der Waals surface area contributed by atoms with Crippen molar-refractivity contribution in [1.29, 1.82) is 0 Å². The van der Waals surface area contributed by atoms with E-state index >= 15 is 0 Å². The number of nitrogens with zero attached hydrogens (tertiary/aromatic N) is 2. The number of carboxylic acid groups (broad SMARTS) is 1. The third-order valence-electron chi connectivity index (χ3n) is 3.51. The van der Waals surface area contributed by atoms with Crippen LogP contribution < -0.4 is 0 Å². The summed E-state index contributed by atoms with van der Waals surface area (Å²) in [5, 5.41) is 13.4. The van der Waals surface area contributed by atoms with Gasteiger partial charge in [-0.05, 0) is 38.0 Å². The van der Waals surface area contributed by atoms with Crippen LogP contribution in [0.3, 0.4) is 0 Å². The molecule has 0 bridgehead atoms. The molecule has 0 radical (unpaired) electrons. The van der Waals surface area contributed by atoms with Gasteiger partial charge in [-0.15, -0.1) is 0 Å². The molecular formula is C15H16F2N2O2. The van der Waals surface area contributed by atoms with Crippen molar-refractivity contribution in [2.24, 2.45) is 0 Å². The summed E-state index contributed by atoms with van der Waals surface area (Å²) >= 11 is 0. The zero-order valence-corrected chi connectivity index (χ0v) is 12.0. The molecule has 0 amide bonds. The van der Waals surface area contributed by atoms with Crippen LogP contribution in [0.15, 0.2) is 18.3 Å². The summed E-state index contributed by atoms with van der Waals surface area (Å²) in [5.74, 6) is -2.51. The van der Waals surface area contributed by atoms with Crippen molar-refractivity contribution in [1.82, 2.24) is 9.78 Å². The van der Waals surface area contributed by atoms with Crippen molar-refractivity contribution < 1.29 is 18.7 Å². The second kappa shape index (κ2) is 5.63. The summed E-state index contributed by atoms with van der Waals surface area (Å²) in [6.07, 6.45) is 2.09. The minimum absolute atomic E-state index is 0.0322. The van der Waals surface area contributed by atoms with Crippen molar-refractivity contribution in [3.8, 4) is 11.3 Å². The topological polar surface area (TPSA) is 55.1 Å². The highest BCUT2D eigenvalue weighted by Gasteiger charge is 2.22. The monoisotopic (exact) mass is 294 g/mol. The van der Waals surface area contributed by atoms with Crippen LogP contribution in [-0.2, 0) is 0 Å². The number of aromatic nitrogens is 2. The number of rotatable bonds is 4. The summed E-state index contributed by atoms with van der Waals surface area (Å²) in [6.45, 7) is 5.24. The quantitative estimate of drug-likeness (QED) is 0.933. The Morgan fingerprint density at radius 1 is 1.38 bits per heavy atom. The molecule has 0 saturated heterocycles. The lowest BCUT2D eigenvalue weighted by atomic mass is 10.1. The van der Waals surface area contributed by atoms with Gasteiger partial charge in [0.1, 0.15) is 22.9 Å². The Labute approximate surface area is 121 Å². The molecule has 1 aromatic carbocycles. The van der Waals surface area contributed by atoms with E-state index < -0.39 is 17.6 Å². The Morgan fingerprint density at radius 3 is 2.62 bits per heavy atom. The molecule has 1 atom stereocenters. The maximum Gasteiger partial charge on any atom is 0.339 e. The number of carbonyl (C=O) groups is 1. The molecule has 1 heterocycles. The SMILES string of the molecule is CCC(C)n1cc(C(=O)O)c(-c2cc(F)c(C)cc2F)n1. The Hall–Kier alpha value is -2.24. The van der Waals surface area contributed by atoms with Gasteiger partial charge in [-0.25, -0.2) is 13.6 Å². The first-order valence-electron chi connectivity index (χ1n) is 6.63. The summed E-state index contributed by atoms with van der Waals surface area (Å²) in [5.41, 5.74) is -0.177. The second-order valence-corrected chi connectivity index (χ2v) is 5.02. The molecule has 112 valence electrons. The minimum atomic E-state index is -1.22. The van der Waals surface area contributed by atoms with Gasteiger partial charge in [0.25, 0.3) is 0 Å². The van der Waals surface area contributed by atoms with E-state index in [1.807, 2.05) is 13.8 Å². The van der Waals surface area contributed by atoms with Gasteiger partial charge in [0.05, 0.1) is 0 Å². The highest BCUT2D eigenvalue weighted by Crippen LogP contribution is 2.28. The van der Waals surface area contributed by atoms with Crippen molar-refractivity contribution in [3.05, 3.63) is 41.1 Å². The average molecular weight is 294 g/mol. The van der Waals surface area contributed by atoms with Gasteiger partial charge in [-0.3, -0.25) is 4.68 Å². The normalized spacial score (nSPS) is 12.4. The Bertz CT molecular complexity index is 695. The summed E-state index contributed by atoms with van der Waals surface area (Å²) in [4.78, 5) is 11.3. The van der Waals surface area contributed by atoms with E-state index in [-0.39, 0.29) is 28.4 Å². The maximum atomic E-state index is 14.0. The van der Waals surface area contributed by atoms with Gasteiger partial charge in [0.15, 0.2) is 0 Å². The van der Waals surface area contributed by atoms with E-state index in [1.165, 1.54) is 17.8 Å². The predicted molar refractivity (Wildman–Crippen MR) is 74.3 cm³/mol. The third-order valence-corrected chi connectivity index (χ3v) is 3.51. The minimum Gasteiger partial charge on any atom is -0.478 e. The molecular weight excluding hydrogens is 278 g/mol. The number of carboxylic acids is 1. The molecule has 1 N–H and O–H groups in total. The van der Waals surface area contributed by atoms with Crippen molar-refractivity contribution in [2.75, 3.05) is 0 Å². The molecule has 1 aromatic heterocycles. The zero-order valence-electron chi connectivity index (χ0n) is 12.0. The van der Waals surface area contributed by atoms with E-state index in [1.54, 1.807) is 0 Å². The predicted octanol–water partition coefficient (Wildman–Crippen LogP) is 3.81. The number of halogens is 2. The van der Waals surface area contributed by atoms with Crippen molar-refractivity contribution in [2.45, 2.75) is 33.2 Å². The van der Waals surface area contributed by atoms with Crippen LogP contribution in [0.5, 0.6) is 0 Å². The Balaban J connectivity index is 2.65. The highest BCUT2D eigenvalue weighted by atomic mass is 19.1. The number of benzene rings is 1. The molecule has 6 heteroatoms. The fourth-order valence-electron chi connectivity index (χ4n) is 1.99. The zero-order chi connectivity index (χ0) is 15.7. The Kier molecular flexibility index (Phi) is 4.06. The lowest BCUT2D eigenvalue weighted by Gasteiger charge is -2.08. The van der Waals surface area contributed by atoms with Crippen molar-refractivity contribution >= 4 is 5.97 Å². The van der Waals surface area contributed by atoms with E-state index in [0.29, 0.717) is 0 Å². The standard InChI is InChI=1S/C15H16F2N2O2/c1-4-9(3)19-7-11(15(20)21)14(18-19)10-6-12(16)8(2)5-13(10)17/h5-7,9H,4H2,1-3H3,(H,20,21). The molecule has 0 spiro atoms. The van der Waals surface area contributed by atoms with Gasteiger partial charge in [0, 0.05) is 17.8 Å².